The molecule has 1 heterocycles. The number of ether oxygens (including phenoxy) is 2. The summed E-state index contributed by atoms with van der Waals surface area (Å²) in [6.07, 6.45) is -1.14. The molecule has 1 aromatic heterocycles. The summed E-state index contributed by atoms with van der Waals surface area (Å²) >= 11 is 3.13. The number of furan rings is 1. The second-order valence-corrected chi connectivity index (χ2v) is 6.30. The van der Waals surface area contributed by atoms with Crippen molar-refractivity contribution >= 4 is 33.5 Å². The van der Waals surface area contributed by atoms with Crippen molar-refractivity contribution in [1.82, 2.24) is 0 Å². The molecule has 0 radical (unpaired) electrons. The molecule has 0 saturated carbocycles. The van der Waals surface area contributed by atoms with Crippen LogP contribution in [0.3, 0.4) is 0 Å². The van der Waals surface area contributed by atoms with Crippen LogP contribution in [0.25, 0.3) is 0 Å². The Bertz CT molecular complexity index is 938. The second kappa shape index (κ2) is 8.55. The first kappa shape index (κ1) is 18.7. The monoisotopic (exact) mass is 429 g/mol. The Morgan fingerprint density at radius 3 is 2.48 bits per heavy atom. The Kier molecular flexibility index (Phi) is 5.93. The molecule has 1 N–H and O–H groups in total. The third kappa shape index (κ3) is 4.77. The quantitative estimate of drug-likeness (QED) is 0.579. The van der Waals surface area contributed by atoms with Crippen molar-refractivity contribution in [2.75, 3.05) is 12.4 Å². The van der Waals surface area contributed by atoms with Gasteiger partial charge in [-0.15, -0.1) is 0 Å². The Morgan fingerprint density at radius 1 is 1.04 bits per heavy atom. The molecule has 0 unspecified atom stereocenters. The molecule has 138 valence electrons. The van der Waals surface area contributed by atoms with E-state index < -0.39 is 18.0 Å². The molecule has 1 atom stereocenters. The van der Waals surface area contributed by atoms with Crippen LogP contribution in [0.5, 0.6) is 5.75 Å². The molecule has 3 rings (SSSR count). The van der Waals surface area contributed by atoms with Gasteiger partial charge in [0.2, 0.25) is 11.9 Å². The third-order valence-electron chi connectivity index (χ3n) is 3.68. The van der Waals surface area contributed by atoms with Crippen molar-refractivity contribution < 1.29 is 23.5 Å². The van der Waals surface area contributed by atoms with Crippen LogP contribution in [0.2, 0.25) is 0 Å². The number of anilines is 1. The lowest BCUT2D eigenvalue weighted by Gasteiger charge is -2.17. The summed E-state index contributed by atoms with van der Waals surface area (Å²) in [6, 6.07) is 18.7. The molecular weight excluding hydrogens is 414 g/mol. The summed E-state index contributed by atoms with van der Waals surface area (Å²) in [5, 5.41) is 2.74. The summed E-state index contributed by atoms with van der Waals surface area (Å²) < 4.78 is 16.2. The van der Waals surface area contributed by atoms with E-state index in [1.165, 1.54) is 13.2 Å². The zero-order valence-corrected chi connectivity index (χ0v) is 15.9. The first-order valence-corrected chi connectivity index (χ1v) is 8.82. The number of nitrogens with one attached hydrogen (secondary N) is 1. The fourth-order valence-electron chi connectivity index (χ4n) is 2.40. The first-order valence-electron chi connectivity index (χ1n) is 8.03. The lowest BCUT2D eigenvalue weighted by Crippen LogP contribution is -2.25. The van der Waals surface area contributed by atoms with E-state index in [1.54, 1.807) is 54.6 Å². The van der Waals surface area contributed by atoms with E-state index in [2.05, 4.69) is 21.2 Å². The average molecular weight is 430 g/mol. The van der Waals surface area contributed by atoms with Crippen LogP contribution in [0, 0.1) is 0 Å². The number of rotatable bonds is 6. The Morgan fingerprint density at radius 2 is 1.81 bits per heavy atom. The van der Waals surface area contributed by atoms with Crippen LogP contribution < -0.4 is 10.1 Å². The molecule has 0 bridgehead atoms. The van der Waals surface area contributed by atoms with Gasteiger partial charge in [-0.1, -0.05) is 36.4 Å². The molecule has 0 aliphatic heterocycles. The van der Waals surface area contributed by atoms with Crippen molar-refractivity contribution in [1.29, 1.82) is 0 Å². The number of carbonyl (C=O) groups excluding carboxylic acids is 2. The SMILES string of the molecule is COc1cccc(NC(=O)[C@@H](OC(=O)c2ccc(Br)o2)c2ccccc2)c1. The van der Waals surface area contributed by atoms with Crippen molar-refractivity contribution in [3.05, 3.63) is 82.7 Å². The molecular formula is C20H16BrNO5. The lowest BCUT2D eigenvalue weighted by molar-refractivity contribution is -0.125. The summed E-state index contributed by atoms with van der Waals surface area (Å²) in [5.41, 5.74) is 1.06. The van der Waals surface area contributed by atoms with Gasteiger partial charge in [-0.2, -0.15) is 0 Å². The molecule has 1 amide bonds. The van der Waals surface area contributed by atoms with Gasteiger partial charge in [0, 0.05) is 17.3 Å². The zero-order valence-electron chi connectivity index (χ0n) is 14.3. The van der Waals surface area contributed by atoms with E-state index in [0.29, 0.717) is 21.7 Å². The highest BCUT2D eigenvalue weighted by Gasteiger charge is 2.27. The number of carbonyl (C=O) groups is 2. The number of methoxy groups -OCH3 is 1. The van der Waals surface area contributed by atoms with Gasteiger partial charge in [-0.3, -0.25) is 4.79 Å². The fourth-order valence-corrected chi connectivity index (χ4v) is 2.71. The van der Waals surface area contributed by atoms with E-state index in [0.717, 1.165) is 0 Å². The highest BCUT2D eigenvalue weighted by Crippen LogP contribution is 2.24. The normalized spacial score (nSPS) is 11.5. The number of hydrogen-bond acceptors (Lipinski definition) is 5. The predicted molar refractivity (Wildman–Crippen MR) is 103 cm³/mol. The molecule has 3 aromatic rings. The number of benzene rings is 2. The van der Waals surface area contributed by atoms with E-state index >= 15 is 0 Å². The molecule has 2 aromatic carbocycles. The maximum atomic E-state index is 12.8. The smallest absolute Gasteiger partial charge is 0.375 e. The van der Waals surface area contributed by atoms with Crippen LogP contribution in [-0.4, -0.2) is 19.0 Å². The molecule has 27 heavy (non-hydrogen) atoms. The maximum absolute atomic E-state index is 12.8. The lowest BCUT2D eigenvalue weighted by atomic mass is 10.1. The van der Waals surface area contributed by atoms with E-state index in [4.69, 9.17) is 13.9 Å². The Balaban J connectivity index is 1.83. The third-order valence-corrected chi connectivity index (χ3v) is 4.10. The van der Waals surface area contributed by atoms with E-state index in [9.17, 15) is 9.59 Å². The highest BCUT2D eigenvalue weighted by atomic mass is 79.9. The molecule has 0 spiro atoms. The van der Waals surface area contributed by atoms with E-state index in [-0.39, 0.29) is 5.76 Å². The minimum atomic E-state index is -1.14. The first-order chi connectivity index (χ1) is 13.1. The van der Waals surface area contributed by atoms with Gasteiger partial charge in [0.15, 0.2) is 4.67 Å². The van der Waals surface area contributed by atoms with Crippen molar-refractivity contribution in [2.24, 2.45) is 0 Å². The van der Waals surface area contributed by atoms with Gasteiger partial charge < -0.3 is 19.2 Å². The minimum absolute atomic E-state index is 0.00279. The minimum Gasteiger partial charge on any atom is -0.497 e. The van der Waals surface area contributed by atoms with Crippen LogP contribution in [-0.2, 0) is 9.53 Å². The van der Waals surface area contributed by atoms with Gasteiger partial charge in [-0.05, 0) is 40.2 Å². The van der Waals surface area contributed by atoms with Crippen LogP contribution in [0.15, 0.2) is 75.8 Å². The molecule has 0 aliphatic carbocycles. The van der Waals surface area contributed by atoms with Gasteiger partial charge in [0.05, 0.1) is 7.11 Å². The van der Waals surface area contributed by atoms with Crippen LogP contribution in [0.4, 0.5) is 5.69 Å². The molecule has 0 aliphatic rings. The summed E-state index contributed by atoms with van der Waals surface area (Å²) in [5.74, 6) is -0.637. The Labute approximate surface area is 164 Å². The molecule has 0 fully saturated rings. The van der Waals surface area contributed by atoms with E-state index in [1.807, 2.05) is 6.07 Å². The van der Waals surface area contributed by atoms with Crippen molar-refractivity contribution in [3.8, 4) is 5.75 Å². The number of halogens is 1. The van der Waals surface area contributed by atoms with Gasteiger partial charge >= 0.3 is 5.97 Å². The summed E-state index contributed by atoms with van der Waals surface area (Å²) in [7, 11) is 1.54. The topological polar surface area (TPSA) is 77.8 Å². The zero-order chi connectivity index (χ0) is 19.2. The maximum Gasteiger partial charge on any atom is 0.375 e. The summed E-state index contributed by atoms with van der Waals surface area (Å²) in [6.45, 7) is 0. The van der Waals surface area contributed by atoms with Gasteiger partial charge in [0.1, 0.15) is 5.75 Å². The average Bonchev–Trinajstić information content (AvgIpc) is 3.13. The second-order valence-electron chi connectivity index (χ2n) is 5.52. The molecule has 7 heteroatoms. The molecule has 6 nitrogen and oxygen atoms in total. The number of hydrogen-bond donors (Lipinski definition) is 1. The van der Waals surface area contributed by atoms with Crippen LogP contribution >= 0.6 is 15.9 Å². The standard InChI is InChI=1S/C20H16BrNO5/c1-25-15-9-5-8-14(12-15)22-19(23)18(13-6-3-2-4-7-13)27-20(24)16-10-11-17(21)26-16/h2-12,18H,1H3,(H,22,23)/t18-/m0/s1. The number of esters is 1. The predicted octanol–water partition coefficient (Wildman–Crippen LogP) is 4.59. The van der Waals surface area contributed by atoms with Crippen molar-refractivity contribution in [2.45, 2.75) is 6.10 Å². The highest BCUT2D eigenvalue weighted by molar-refractivity contribution is 9.10. The summed E-state index contributed by atoms with van der Waals surface area (Å²) in [4.78, 5) is 25.2. The fraction of sp³-hybridized carbons (Fsp3) is 0.100. The van der Waals surface area contributed by atoms with Crippen LogP contribution in [0.1, 0.15) is 22.2 Å². The molecule has 0 saturated heterocycles. The van der Waals surface area contributed by atoms with Gasteiger partial charge in [-0.25, -0.2) is 4.79 Å². The largest absolute Gasteiger partial charge is 0.497 e. The van der Waals surface area contributed by atoms with Gasteiger partial charge in [0.25, 0.3) is 5.91 Å². The van der Waals surface area contributed by atoms with Crippen molar-refractivity contribution in [3.63, 3.8) is 0 Å². The Hall–Kier alpha value is -3.06. The number of amides is 1.